The monoisotopic (exact) mass is 436 g/mol. The van der Waals surface area contributed by atoms with Gasteiger partial charge in [-0.3, -0.25) is 10.2 Å². The third-order valence-corrected chi connectivity index (χ3v) is 5.02. The highest BCUT2D eigenvalue weighted by Crippen LogP contribution is 2.29. The predicted octanol–water partition coefficient (Wildman–Crippen LogP) is 3.98. The van der Waals surface area contributed by atoms with E-state index in [1.807, 2.05) is 13.0 Å². The highest BCUT2D eigenvalue weighted by molar-refractivity contribution is 7.80. The molecule has 10 heteroatoms. The minimum atomic E-state index is -0.383. The Kier molecular flexibility index (Phi) is 5.87. The van der Waals surface area contributed by atoms with Crippen LogP contribution in [0, 0.1) is 11.7 Å². The summed E-state index contributed by atoms with van der Waals surface area (Å²) in [7, 11) is 3.01. The maximum absolute atomic E-state index is 12.9. The number of hydrogen-bond donors (Lipinski definition) is 3. The Morgan fingerprint density at radius 3 is 2.57 bits per heavy atom. The van der Waals surface area contributed by atoms with Gasteiger partial charge in [-0.25, -0.2) is 0 Å². The number of fused-ring (bicyclic) bond motifs is 1. The third kappa shape index (κ3) is 3.82. The molecule has 3 rings (SSSR count). The summed E-state index contributed by atoms with van der Waals surface area (Å²) in [6, 6.07) is 8.65. The Hall–Kier alpha value is -2.62. The summed E-state index contributed by atoms with van der Waals surface area (Å²) in [5, 5.41) is 4.17. The summed E-state index contributed by atoms with van der Waals surface area (Å²) in [4.78, 5) is 15.9. The normalized spacial score (nSPS) is 10.6. The number of H-pyrrole nitrogens is 1. The summed E-state index contributed by atoms with van der Waals surface area (Å²) in [6.45, 7) is 1.86. The van der Waals surface area contributed by atoms with Crippen molar-refractivity contribution in [2.24, 2.45) is 0 Å². The van der Waals surface area contributed by atoms with Crippen molar-refractivity contribution >= 4 is 57.7 Å². The van der Waals surface area contributed by atoms with Gasteiger partial charge in [0.1, 0.15) is 0 Å². The topological polar surface area (TPSA) is 80.3 Å². The number of rotatable bonds is 4. The SMILES string of the molecule is COc1cc2[nH]c(=S)n(NC(=S)Nc3cccc(Cl)c3C)c(=O)c2cc1OC. The molecule has 0 atom stereocenters. The Morgan fingerprint density at radius 1 is 1.21 bits per heavy atom. The molecule has 28 heavy (non-hydrogen) atoms. The van der Waals surface area contributed by atoms with Gasteiger partial charge in [0.15, 0.2) is 21.4 Å². The van der Waals surface area contributed by atoms with Gasteiger partial charge in [0, 0.05) is 16.8 Å². The molecular formula is C18H17ClN4O3S2. The highest BCUT2D eigenvalue weighted by Gasteiger charge is 2.13. The first-order valence-corrected chi connectivity index (χ1v) is 9.29. The van der Waals surface area contributed by atoms with Crippen LogP contribution in [0.5, 0.6) is 11.5 Å². The molecule has 1 aromatic heterocycles. The quantitative estimate of drug-likeness (QED) is 0.534. The molecular weight excluding hydrogens is 420 g/mol. The lowest BCUT2D eigenvalue weighted by Crippen LogP contribution is -2.36. The number of ether oxygens (including phenoxy) is 2. The number of methoxy groups -OCH3 is 2. The van der Waals surface area contributed by atoms with E-state index in [9.17, 15) is 4.79 Å². The van der Waals surface area contributed by atoms with E-state index in [1.165, 1.54) is 14.2 Å². The van der Waals surface area contributed by atoms with Gasteiger partial charge in [0.2, 0.25) is 0 Å². The van der Waals surface area contributed by atoms with Crippen molar-refractivity contribution in [1.82, 2.24) is 9.66 Å². The maximum Gasteiger partial charge on any atom is 0.281 e. The molecule has 3 aromatic rings. The molecule has 0 fully saturated rings. The van der Waals surface area contributed by atoms with Crippen molar-refractivity contribution in [1.29, 1.82) is 0 Å². The van der Waals surface area contributed by atoms with Gasteiger partial charge >= 0.3 is 0 Å². The first-order chi connectivity index (χ1) is 13.3. The maximum atomic E-state index is 12.9. The number of benzene rings is 2. The molecule has 0 amide bonds. The van der Waals surface area contributed by atoms with E-state index in [-0.39, 0.29) is 15.4 Å². The smallest absolute Gasteiger partial charge is 0.281 e. The van der Waals surface area contributed by atoms with E-state index < -0.39 is 0 Å². The zero-order chi connectivity index (χ0) is 20.4. The van der Waals surface area contributed by atoms with E-state index in [0.717, 1.165) is 15.9 Å². The summed E-state index contributed by atoms with van der Waals surface area (Å²) < 4.78 is 11.8. The van der Waals surface area contributed by atoms with Crippen LogP contribution in [0.2, 0.25) is 5.02 Å². The molecule has 0 unspecified atom stereocenters. The summed E-state index contributed by atoms with van der Waals surface area (Å²) >= 11 is 16.7. The third-order valence-electron chi connectivity index (χ3n) is 4.13. The molecule has 0 aliphatic carbocycles. The molecule has 0 saturated carbocycles. The molecule has 7 nitrogen and oxygen atoms in total. The first-order valence-electron chi connectivity index (χ1n) is 8.10. The summed E-state index contributed by atoms with van der Waals surface area (Å²) in [5.74, 6) is 0.916. The molecule has 2 aromatic carbocycles. The Morgan fingerprint density at radius 2 is 1.89 bits per heavy atom. The molecule has 1 heterocycles. The lowest BCUT2D eigenvalue weighted by atomic mass is 10.2. The zero-order valence-electron chi connectivity index (χ0n) is 15.3. The number of aromatic amines is 1. The van der Waals surface area contributed by atoms with Crippen molar-refractivity contribution in [3.63, 3.8) is 0 Å². The van der Waals surface area contributed by atoms with Crippen molar-refractivity contribution in [2.75, 3.05) is 25.0 Å². The Labute approximate surface area is 176 Å². The van der Waals surface area contributed by atoms with Gasteiger partial charge in [-0.05, 0) is 55.1 Å². The van der Waals surface area contributed by atoms with Crippen molar-refractivity contribution < 1.29 is 9.47 Å². The fourth-order valence-corrected chi connectivity index (χ4v) is 3.25. The molecule has 0 spiro atoms. The fraction of sp³-hybridized carbons (Fsp3) is 0.167. The average molecular weight is 437 g/mol. The van der Waals surface area contributed by atoms with Gasteiger partial charge < -0.3 is 19.8 Å². The molecule has 146 valence electrons. The van der Waals surface area contributed by atoms with Gasteiger partial charge in [-0.1, -0.05) is 17.7 Å². The van der Waals surface area contributed by atoms with Crippen LogP contribution in [-0.2, 0) is 0 Å². The van der Waals surface area contributed by atoms with Crippen LogP contribution >= 0.6 is 36.0 Å². The van der Waals surface area contributed by atoms with E-state index in [0.29, 0.717) is 27.4 Å². The lowest BCUT2D eigenvalue weighted by Gasteiger charge is -2.15. The second-order valence-corrected chi connectivity index (χ2v) is 7.00. The van der Waals surface area contributed by atoms with Gasteiger partial charge in [0.25, 0.3) is 5.56 Å². The van der Waals surface area contributed by atoms with Crippen molar-refractivity contribution in [3.05, 3.63) is 56.0 Å². The molecule has 0 saturated heterocycles. The number of nitrogens with one attached hydrogen (secondary N) is 3. The van der Waals surface area contributed by atoms with Crippen LogP contribution in [0.25, 0.3) is 10.9 Å². The Bertz CT molecular complexity index is 1190. The van der Waals surface area contributed by atoms with Crippen LogP contribution < -0.4 is 25.8 Å². The molecule has 0 bridgehead atoms. The van der Waals surface area contributed by atoms with Crippen molar-refractivity contribution in [3.8, 4) is 11.5 Å². The number of halogens is 1. The van der Waals surface area contributed by atoms with E-state index in [1.54, 1.807) is 24.3 Å². The molecule has 0 aliphatic rings. The zero-order valence-corrected chi connectivity index (χ0v) is 17.6. The van der Waals surface area contributed by atoms with E-state index in [4.69, 9.17) is 45.5 Å². The molecule has 3 N–H and O–H groups in total. The van der Waals surface area contributed by atoms with Crippen LogP contribution in [0.3, 0.4) is 0 Å². The minimum Gasteiger partial charge on any atom is -0.493 e. The molecule has 0 aliphatic heterocycles. The lowest BCUT2D eigenvalue weighted by molar-refractivity contribution is 0.355. The van der Waals surface area contributed by atoms with Crippen LogP contribution in [-0.4, -0.2) is 29.0 Å². The number of anilines is 1. The van der Waals surface area contributed by atoms with Gasteiger partial charge in [-0.15, -0.1) is 0 Å². The number of thiocarbonyl (C=S) groups is 1. The fourth-order valence-electron chi connectivity index (χ4n) is 2.64. The second kappa shape index (κ2) is 8.17. The van der Waals surface area contributed by atoms with E-state index in [2.05, 4.69) is 15.7 Å². The minimum absolute atomic E-state index is 0.150. The number of nitrogens with zero attached hydrogens (tertiary/aromatic N) is 1. The van der Waals surface area contributed by atoms with Gasteiger partial charge in [0.05, 0.1) is 25.1 Å². The number of aromatic nitrogens is 2. The second-order valence-electron chi connectivity index (χ2n) is 5.80. The van der Waals surface area contributed by atoms with Gasteiger partial charge in [-0.2, -0.15) is 4.68 Å². The Balaban J connectivity index is 1.99. The average Bonchev–Trinajstić information content (AvgIpc) is 2.67. The predicted molar refractivity (Wildman–Crippen MR) is 118 cm³/mol. The van der Waals surface area contributed by atoms with Crippen LogP contribution in [0.15, 0.2) is 35.1 Å². The van der Waals surface area contributed by atoms with E-state index >= 15 is 0 Å². The van der Waals surface area contributed by atoms with Crippen molar-refractivity contribution in [2.45, 2.75) is 6.92 Å². The molecule has 0 radical (unpaired) electrons. The summed E-state index contributed by atoms with van der Waals surface area (Å²) in [5.41, 5.74) is 4.50. The summed E-state index contributed by atoms with van der Waals surface area (Å²) in [6.07, 6.45) is 0. The van der Waals surface area contributed by atoms with Crippen LogP contribution in [0.4, 0.5) is 5.69 Å². The first kappa shape index (κ1) is 20.1. The van der Waals surface area contributed by atoms with Crippen LogP contribution in [0.1, 0.15) is 5.56 Å². The largest absolute Gasteiger partial charge is 0.493 e. The highest BCUT2D eigenvalue weighted by atomic mass is 35.5. The number of hydrogen-bond acceptors (Lipinski definition) is 5. The standard InChI is InChI=1S/C18H17ClN4O3S2/c1-9-11(19)5-4-6-12(9)20-17(27)22-23-16(24)10-7-14(25-2)15(26-3)8-13(10)21-18(23)28/h4-8H,1-3H3,(H,21,28)(H2,20,22,27).